The molecule has 41 heavy (non-hydrogen) atoms. The number of benzene rings is 4. The third-order valence-corrected chi connectivity index (χ3v) is 7.89. The molecule has 0 saturated carbocycles. The molecule has 0 aliphatic rings. The molecule has 0 aliphatic carbocycles. The molecule has 0 spiro atoms. The molecule has 0 aliphatic heterocycles. The van der Waals surface area contributed by atoms with Crippen molar-refractivity contribution in [3.8, 4) is 39.5 Å². The summed E-state index contributed by atoms with van der Waals surface area (Å²) in [6.45, 7) is 0. The number of imidazole rings is 1. The summed E-state index contributed by atoms with van der Waals surface area (Å²) in [4.78, 5) is 13.8. The quantitative estimate of drug-likeness (QED) is 0.231. The van der Waals surface area contributed by atoms with Crippen LogP contribution in [0.1, 0.15) is 0 Å². The number of hydrogen-bond donors (Lipinski definition) is 0. The highest BCUT2D eigenvalue weighted by Crippen LogP contribution is 2.36. The zero-order valence-electron chi connectivity index (χ0n) is 22.4. The number of para-hydroxylation sites is 1. The molecule has 0 saturated heterocycles. The van der Waals surface area contributed by atoms with Crippen molar-refractivity contribution in [2.45, 2.75) is 0 Å². The van der Waals surface area contributed by atoms with Crippen LogP contribution in [0.15, 0.2) is 134 Å². The van der Waals surface area contributed by atoms with Gasteiger partial charge in [-0.1, -0.05) is 54.6 Å². The first-order valence-corrected chi connectivity index (χ1v) is 13.7. The Morgan fingerprint density at radius 3 is 2.22 bits per heavy atom. The lowest BCUT2D eigenvalue weighted by atomic mass is 10.1. The van der Waals surface area contributed by atoms with E-state index in [0.29, 0.717) is 0 Å². The maximum Gasteiger partial charge on any atom is 0.140 e. The number of nitrogens with zero attached hydrogens (tertiary/aromatic N) is 5. The van der Waals surface area contributed by atoms with Crippen molar-refractivity contribution in [1.29, 1.82) is 0 Å². The van der Waals surface area contributed by atoms with Crippen LogP contribution >= 0.6 is 0 Å². The average molecular weight is 528 g/mol. The Labute approximate surface area is 237 Å². The number of aryl methyl sites for hydroxylation is 1. The first-order chi connectivity index (χ1) is 20.2. The van der Waals surface area contributed by atoms with E-state index in [9.17, 15) is 0 Å². The fraction of sp³-hybridized carbons (Fsp3) is 0.0278. The van der Waals surface area contributed by atoms with Gasteiger partial charge < -0.3 is 9.13 Å². The summed E-state index contributed by atoms with van der Waals surface area (Å²) in [5.41, 5.74) is 10.9. The van der Waals surface area contributed by atoms with Crippen molar-refractivity contribution in [2.75, 3.05) is 0 Å². The minimum absolute atomic E-state index is 0.938. The largest absolute Gasteiger partial charge is 0.327 e. The molecule has 0 fully saturated rings. The zero-order valence-corrected chi connectivity index (χ0v) is 22.4. The fourth-order valence-corrected chi connectivity index (χ4v) is 5.90. The number of hydrogen-bond acceptors (Lipinski definition) is 3. The third kappa shape index (κ3) is 3.82. The van der Waals surface area contributed by atoms with Crippen LogP contribution in [0.4, 0.5) is 0 Å². The van der Waals surface area contributed by atoms with Gasteiger partial charge in [0.25, 0.3) is 0 Å². The van der Waals surface area contributed by atoms with Crippen LogP contribution in [0.2, 0.25) is 0 Å². The van der Waals surface area contributed by atoms with E-state index in [2.05, 4.69) is 117 Å². The molecule has 0 N–H and O–H groups in total. The van der Waals surface area contributed by atoms with Crippen molar-refractivity contribution >= 4 is 32.8 Å². The maximum atomic E-state index is 5.07. The van der Waals surface area contributed by atoms with E-state index < -0.39 is 0 Å². The van der Waals surface area contributed by atoms with Gasteiger partial charge in [0, 0.05) is 53.2 Å². The summed E-state index contributed by atoms with van der Waals surface area (Å²) in [6.07, 6.45) is 5.49. The second-order valence-electron chi connectivity index (χ2n) is 10.3. The average Bonchev–Trinajstić information content (AvgIpc) is 3.55. The molecule has 0 atom stereocenters. The molecule has 5 nitrogen and oxygen atoms in total. The van der Waals surface area contributed by atoms with E-state index in [1.807, 2.05) is 42.9 Å². The second-order valence-corrected chi connectivity index (χ2v) is 10.3. The third-order valence-electron chi connectivity index (χ3n) is 7.89. The van der Waals surface area contributed by atoms with E-state index in [4.69, 9.17) is 4.98 Å². The first kappa shape index (κ1) is 23.3. The zero-order chi connectivity index (χ0) is 27.3. The maximum absolute atomic E-state index is 5.07. The highest BCUT2D eigenvalue weighted by molar-refractivity contribution is 6.10. The highest BCUT2D eigenvalue weighted by atomic mass is 15.1. The van der Waals surface area contributed by atoms with E-state index in [1.165, 1.54) is 16.3 Å². The Morgan fingerprint density at radius 2 is 1.34 bits per heavy atom. The normalized spacial score (nSPS) is 11.5. The van der Waals surface area contributed by atoms with E-state index in [1.54, 1.807) is 0 Å². The van der Waals surface area contributed by atoms with Crippen LogP contribution in [0.25, 0.3) is 72.3 Å². The summed E-state index contributed by atoms with van der Waals surface area (Å²) < 4.78 is 4.54. The van der Waals surface area contributed by atoms with Crippen molar-refractivity contribution in [3.05, 3.63) is 134 Å². The number of rotatable bonds is 4. The number of fused-ring (bicyclic) bond motifs is 4. The lowest BCUT2D eigenvalue weighted by molar-refractivity contribution is 0.959. The van der Waals surface area contributed by atoms with Crippen LogP contribution in [-0.4, -0.2) is 24.1 Å². The van der Waals surface area contributed by atoms with Crippen LogP contribution in [0.3, 0.4) is 0 Å². The SMILES string of the molecule is Cn1c(-c2ccc3c4ccccc4n(-c4cccc(-c5ccccn5)c4)c3c2)nc2ccc(-c3ccncc3)cc21. The molecule has 0 bridgehead atoms. The lowest BCUT2D eigenvalue weighted by Gasteiger charge is -2.11. The lowest BCUT2D eigenvalue weighted by Crippen LogP contribution is -1.96. The summed E-state index contributed by atoms with van der Waals surface area (Å²) in [6, 6.07) is 40.4. The molecule has 8 rings (SSSR count). The van der Waals surface area contributed by atoms with Gasteiger partial charge in [0.15, 0.2) is 0 Å². The topological polar surface area (TPSA) is 48.5 Å². The summed E-state index contributed by atoms with van der Waals surface area (Å²) in [7, 11) is 2.09. The molecular weight excluding hydrogens is 502 g/mol. The van der Waals surface area contributed by atoms with Gasteiger partial charge in [-0.15, -0.1) is 0 Å². The van der Waals surface area contributed by atoms with Crippen LogP contribution in [-0.2, 0) is 7.05 Å². The predicted molar refractivity (Wildman–Crippen MR) is 167 cm³/mol. The molecule has 0 amide bonds. The van der Waals surface area contributed by atoms with Gasteiger partial charge >= 0.3 is 0 Å². The highest BCUT2D eigenvalue weighted by Gasteiger charge is 2.16. The van der Waals surface area contributed by atoms with Gasteiger partial charge in [-0.2, -0.15) is 0 Å². The van der Waals surface area contributed by atoms with Gasteiger partial charge in [-0.05, 0) is 71.8 Å². The van der Waals surface area contributed by atoms with Gasteiger partial charge in [0.2, 0.25) is 0 Å². The van der Waals surface area contributed by atoms with Gasteiger partial charge in [-0.25, -0.2) is 4.98 Å². The fourth-order valence-electron chi connectivity index (χ4n) is 5.90. The summed E-state index contributed by atoms with van der Waals surface area (Å²) >= 11 is 0. The minimum atomic E-state index is 0.938. The van der Waals surface area contributed by atoms with Crippen LogP contribution < -0.4 is 0 Å². The van der Waals surface area contributed by atoms with Gasteiger partial charge in [0.1, 0.15) is 5.82 Å². The molecule has 4 heterocycles. The van der Waals surface area contributed by atoms with Crippen molar-refractivity contribution in [3.63, 3.8) is 0 Å². The Hall–Kier alpha value is -5.55. The van der Waals surface area contributed by atoms with Gasteiger partial charge in [-0.3, -0.25) is 9.97 Å². The predicted octanol–water partition coefficient (Wildman–Crippen LogP) is 8.46. The summed E-state index contributed by atoms with van der Waals surface area (Å²) in [5, 5.41) is 2.44. The van der Waals surface area contributed by atoms with E-state index in [0.717, 1.165) is 56.0 Å². The molecule has 4 aromatic heterocycles. The van der Waals surface area contributed by atoms with Crippen molar-refractivity contribution < 1.29 is 0 Å². The van der Waals surface area contributed by atoms with Crippen molar-refractivity contribution in [2.24, 2.45) is 7.05 Å². The Balaban J connectivity index is 1.32. The molecule has 0 unspecified atom stereocenters. The first-order valence-electron chi connectivity index (χ1n) is 13.7. The van der Waals surface area contributed by atoms with E-state index >= 15 is 0 Å². The standard InChI is InChI=1S/C36H25N5/c1-40-35-22-25(24-16-19-37-20-17-24)13-15-32(35)39-36(40)27-12-14-30-29-9-2-3-11-33(29)41(34(30)23-27)28-8-6-7-26(21-28)31-10-4-5-18-38-31/h2-23H,1H3. The molecule has 5 heteroatoms. The summed E-state index contributed by atoms with van der Waals surface area (Å²) in [5.74, 6) is 0.938. The van der Waals surface area contributed by atoms with Crippen molar-refractivity contribution in [1.82, 2.24) is 24.1 Å². The monoisotopic (exact) mass is 527 g/mol. The molecular formula is C36H25N5. The number of aromatic nitrogens is 5. The van der Waals surface area contributed by atoms with Crippen LogP contribution in [0.5, 0.6) is 0 Å². The van der Waals surface area contributed by atoms with E-state index in [-0.39, 0.29) is 0 Å². The number of pyridine rings is 2. The molecule has 0 radical (unpaired) electrons. The smallest absolute Gasteiger partial charge is 0.140 e. The molecule has 194 valence electrons. The molecule has 4 aromatic carbocycles. The Morgan fingerprint density at radius 1 is 0.537 bits per heavy atom. The minimum Gasteiger partial charge on any atom is -0.327 e. The van der Waals surface area contributed by atoms with Crippen LogP contribution in [0, 0.1) is 0 Å². The second kappa shape index (κ2) is 9.28. The van der Waals surface area contributed by atoms with Gasteiger partial charge in [0.05, 0.1) is 27.8 Å². The Bertz CT molecular complexity index is 2210. The Kier molecular flexibility index (Phi) is 5.28. The molecule has 8 aromatic rings.